The molecule has 3 nitrogen and oxygen atoms in total. The highest BCUT2D eigenvalue weighted by Gasteiger charge is 2.45. The molecule has 1 saturated heterocycles. The number of rotatable bonds is 4. The fourth-order valence-electron chi connectivity index (χ4n) is 2.50. The van der Waals surface area contributed by atoms with Crippen LogP contribution in [0.5, 0.6) is 0 Å². The first-order valence-electron chi connectivity index (χ1n) is 6.59. The van der Waals surface area contributed by atoms with Gasteiger partial charge in [-0.15, -0.1) is 0 Å². The fraction of sp³-hybridized carbons (Fsp3) is 0.500. The molecule has 2 N–H and O–H groups in total. The van der Waals surface area contributed by atoms with Gasteiger partial charge in [-0.1, -0.05) is 35.3 Å². The lowest BCUT2D eigenvalue weighted by atomic mass is 10.0. The van der Waals surface area contributed by atoms with E-state index < -0.39 is 0 Å². The van der Waals surface area contributed by atoms with Crippen LogP contribution in [0.2, 0.25) is 10.0 Å². The van der Waals surface area contributed by atoms with Crippen LogP contribution in [0.3, 0.4) is 0 Å². The van der Waals surface area contributed by atoms with Crippen LogP contribution >= 0.6 is 23.2 Å². The minimum atomic E-state index is 0.0593. The molecular formula is C14H16Cl2N2O. The summed E-state index contributed by atoms with van der Waals surface area (Å²) in [5.41, 5.74) is 1.000. The molecule has 0 spiro atoms. The number of halogens is 2. The quantitative estimate of drug-likeness (QED) is 0.896. The van der Waals surface area contributed by atoms with E-state index >= 15 is 0 Å². The highest BCUT2D eigenvalue weighted by molar-refractivity contribution is 6.42. The first kappa shape index (κ1) is 13.2. The third-order valence-corrected chi connectivity index (χ3v) is 4.77. The zero-order valence-corrected chi connectivity index (χ0v) is 12.0. The molecule has 1 saturated carbocycles. The molecule has 2 atom stereocenters. The molecule has 5 heteroatoms. The second-order valence-electron chi connectivity index (χ2n) is 5.36. The van der Waals surface area contributed by atoms with Crippen molar-refractivity contribution in [3.05, 3.63) is 33.8 Å². The Kier molecular flexibility index (Phi) is 3.70. The molecule has 1 aliphatic heterocycles. The minimum Gasteiger partial charge on any atom is -0.355 e. The summed E-state index contributed by atoms with van der Waals surface area (Å²) in [6.45, 7) is 2.79. The van der Waals surface area contributed by atoms with E-state index in [4.69, 9.17) is 23.2 Å². The van der Waals surface area contributed by atoms with Crippen molar-refractivity contribution in [3.63, 3.8) is 0 Å². The summed E-state index contributed by atoms with van der Waals surface area (Å²) >= 11 is 12.2. The van der Waals surface area contributed by atoms with Gasteiger partial charge >= 0.3 is 0 Å². The van der Waals surface area contributed by atoms with Gasteiger partial charge in [0.2, 0.25) is 5.91 Å². The first-order chi connectivity index (χ1) is 9.16. The highest BCUT2D eigenvalue weighted by Crippen LogP contribution is 2.50. The Balaban J connectivity index is 1.57. The maximum absolute atomic E-state index is 12.0. The Morgan fingerprint density at radius 2 is 2.16 bits per heavy atom. The second kappa shape index (κ2) is 5.31. The van der Waals surface area contributed by atoms with Gasteiger partial charge in [-0.2, -0.15) is 0 Å². The molecule has 1 aliphatic carbocycles. The number of nitrogens with one attached hydrogen (secondary N) is 2. The molecule has 1 amide bonds. The van der Waals surface area contributed by atoms with Gasteiger partial charge < -0.3 is 10.6 Å². The smallest absolute Gasteiger partial charge is 0.223 e. The van der Waals surface area contributed by atoms with Crippen molar-refractivity contribution >= 4 is 29.1 Å². The van der Waals surface area contributed by atoms with Gasteiger partial charge in [-0.25, -0.2) is 0 Å². The molecule has 1 aromatic carbocycles. The number of hydrogen-bond acceptors (Lipinski definition) is 2. The summed E-state index contributed by atoms with van der Waals surface area (Å²) in [5.74, 6) is 1.03. The topological polar surface area (TPSA) is 41.1 Å². The molecule has 2 aliphatic rings. The molecule has 2 fully saturated rings. The molecule has 0 aromatic heterocycles. The van der Waals surface area contributed by atoms with Crippen LogP contribution in [-0.4, -0.2) is 25.5 Å². The van der Waals surface area contributed by atoms with Crippen molar-refractivity contribution < 1.29 is 4.79 Å². The van der Waals surface area contributed by atoms with E-state index in [2.05, 4.69) is 10.6 Å². The van der Waals surface area contributed by atoms with E-state index in [1.165, 1.54) is 0 Å². The number of hydrogen-bond donors (Lipinski definition) is 2. The van der Waals surface area contributed by atoms with Crippen LogP contribution in [0.1, 0.15) is 17.9 Å². The molecular weight excluding hydrogens is 283 g/mol. The van der Waals surface area contributed by atoms with Crippen molar-refractivity contribution in [2.75, 3.05) is 19.6 Å². The molecule has 0 bridgehead atoms. The van der Waals surface area contributed by atoms with Crippen LogP contribution in [0.15, 0.2) is 18.2 Å². The molecule has 2 unspecified atom stereocenters. The Bertz CT molecular complexity index is 502. The first-order valence-corrected chi connectivity index (χ1v) is 7.34. The Labute approximate surface area is 122 Å². The lowest BCUT2D eigenvalue weighted by molar-refractivity contribution is -0.122. The van der Waals surface area contributed by atoms with Crippen LogP contribution in [0.4, 0.5) is 0 Å². The number of benzene rings is 1. The van der Waals surface area contributed by atoms with Gasteiger partial charge in [0.1, 0.15) is 0 Å². The number of carbonyl (C=O) groups excluding carboxylic acids is 1. The standard InChI is InChI=1S/C14H16Cl2N2O/c15-12-3-1-2-9(13(12)16)10-4-11(10)14(19)18-7-8-5-17-6-8/h1-3,8,10-11,17H,4-7H2,(H,18,19). The van der Waals surface area contributed by atoms with Crippen LogP contribution in [0.25, 0.3) is 0 Å². The van der Waals surface area contributed by atoms with Gasteiger partial charge in [0.25, 0.3) is 0 Å². The van der Waals surface area contributed by atoms with E-state index in [0.29, 0.717) is 16.0 Å². The third-order valence-electron chi connectivity index (χ3n) is 3.94. The highest BCUT2D eigenvalue weighted by atomic mass is 35.5. The number of amides is 1. The van der Waals surface area contributed by atoms with Crippen molar-refractivity contribution in [1.29, 1.82) is 0 Å². The van der Waals surface area contributed by atoms with E-state index in [-0.39, 0.29) is 17.7 Å². The summed E-state index contributed by atoms with van der Waals surface area (Å²) in [5, 5.41) is 7.37. The average Bonchev–Trinajstić information content (AvgIpc) is 3.10. The summed E-state index contributed by atoms with van der Waals surface area (Å²) in [6, 6.07) is 5.62. The maximum atomic E-state index is 12.0. The maximum Gasteiger partial charge on any atom is 0.223 e. The van der Waals surface area contributed by atoms with Crippen molar-refractivity contribution in [2.24, 2.45) is 11.8 Å². The zero-order chi connectivity index (χ0) is 13.4. The SMILES string of the molecule is O=C(NCC1CNC1)C1CC1c1cccc(Cl)c1Cl. The van der Waals surface area contributed by atoms with E-state index in [1.807, 2.05) is 12.1 Å². The Morgan fingerprint density at radius 1 is 1.37 bits per heavy atom. The lowest BCUT2D eigenvalue weighted by Gasteiger charge is -2.27. The molecule has 0 radical (unpaired) electrons. The summed E-state index contributed by atoms with van der Waals surface area (Å²) in [7, 11) is 0. The predicted octanol–water partition coefficient (Wildman–Crippen LogP) is 2.43. The fourth-order valence-corrected chi connectivity index (χ4v) is 2.95. The van der Waals surface area contributed by atoms with Gasteiger partial charge in [0.15, 0.2) is 0 Å². The second-order valence-corrected chi connectivity index (χ2v) is 6.15. The third kappa shape index (κ3) is 2.73. The summed E-state index contributed by atoms with van der Waals surface area (Å²) in [4.78, 5) is 12.0. The van der Waals surface area contributed by atoms with Crippen LogP contribution < -0.4 is 10.6 Å². The van der Waals surface area contributed by atoms with E-state index in [0.717, 1.165) is 31.6 Å². The molecule has 19 heavy (non-hydrogen) atoms. The van der Waals surface area contributed by atoms with Crippen molar-refractivity contribution in [1.82, 2.24) is 10.6 Å². The molecule has 1 aromatic rings. The monoisotopic (exact) mass is 298 g/mol. The zero-order valence-electron chi connectivity index (χ0n) is 10.5. The van der Waals surface area contributed by atoms with Gasteiger partial charge in [0.05, 0.1) is 10.0 Å². The summed E-state index contributed by atoms with van der Waals surface area (Å²) in [6.07, 6.45) is 0.870. The van der Waals surface area contributed by atoms with Gasteiger partial charge in [0, 0.05) is 31.5 Å². The lowest BCUT2D eigenvalue weighted by Crippen LogP contribution is -2.48. The van der Waals surface area contributed by atoms with Gasteiger partial charge in [-0.3, -0.25) is 4.79 Å². The van der Waals surface area contributed by atoms with Crippen molar-refractivity contribution in [2.45, 2.75) is 12.3 Å². The minimum absolute atomic E-state index is 0.0593. The normalized spacial score (nSPS) is 25.8. The van der Waals surface area contributed by atoms with Crippen molar-refractivity contribution in [3.8, 4) is 0 Å². The molecule has 3 rings (SSSR count). The largest absolute Gasteiger partial charge is 0.355 e. The molecule has 102 valence electrons. The van der Waals surface area contributed by atoms with Crippen LogP contribution in [-0.2, 0) is 4.79 Å². The van der Waals surface area contributed by atoms with E-state index in [9.17, 15) is 4.79 Å². The Morgan fingerprint density at radius 3 is 2.84 bits per heavy atom. The Hall–Kier alpha value is -0.770. The number of carbonyl (C=O) groups is 1. The van der Waals surface area contributed by atoms with E-state index in [1.54, 1.807) is 6.07 Å². The van der Waals surface area contributed by atoms with Gasteiger partial charge in [-0.05, 0) is 24.0 Å². The average molecular weight is 299 g/mol. The summed E-state index contributed by atoms with van der Waals surface area (Å²) < 4.78 is 0. The predicted molar refractivity (Wildman–Crippen MR) is 76.7 cm³/mol. The van der Waals surface area contributed by atoms with Crippen LogP contribution in [0, 0.1) is 11.8 Å². The molecule has 1 heterocycles.